The molecule has 2 unspecified atom stereocenters. The molecule has 18 heavy (non-hydrogen) atoms. The van der Waals surface area contributed by atoms with Gasteiger partial charge in [0.1, 0.15) is 0 Å². The van der Waals surface area contributed by atoms with Crippen LogP contribution >= 0.6 is 0 Å². The van der Waals surface area contributed by atoms with Crippen LogP contribution in [0.25, 0.3) is 0 Å². The normalized spacial score (nSPS) is 26.5. The van der Waals surface area contributed by atoms with E-state index in [1.54, 1.807) is 0 Å². The van der Waals surface area contributed by atoms with Crippen molar-refractivity contribution in [2.24, 2.45) is 5.92 Å². The summed E-state index contributed by atoms with van der Waals surface area (Å²) in [7, 11) is 0. The summed E-state index contributed by atoms with van der Waals surface area (Å²) in [5.74, 6) is 0.182. The molecule has 1 rings (SSSR count). The number of β-amino-alcohol motifs (C(OH)–C–C–N with tert-alkyl or cyclic N) is 1. The van der Waals surface area contributed by atoms with Gasteiger partial charge in [0.2, 0.25) is 0 Å². The van der Waals surface area contributed by atoms with E-state index in [2.05, 4.69) is 5.32 Å². The molecule has 108 valence electrons. The Morgan fingerprint density at radius 2 is 1.89 bits per heavy atom. The monoisotopic (exact) mass is 270 g/mol. The Hall–Kier alpha value is -0.370. The minimum absolute atomic E-state index is 0.00215. The van der Waals surface area contributed by atoms with Crippen LogP contribution in [0, 0.1) is 5.92 Å². The summed E-state index contributed by atoms with van der Waals surface area (Å²) in [5.41, 5.74) is 0. The van der Waals surface area contributed by atoms with Gasteiger partial charge in [0.05, 0.1) is 13.2 Å². The van der Waals surface area contributed by atoms with Gasteiger partial charge < -0.3 is 15.5 Å². The lowest BCUT2D eigenvalue weighted by Crippen LogP contribution is -2.51. The van der Waals surface area contributed by atoms with Crippen LogP contribution in [0.1, 0.15) is 12.8 Å². The Bertz CT molecular complexity index is 225. The maximum Gasteiger partial charge on any atom is 0.401 e. The van der Waals surface area contributed by atoms with Gasteiger partial charge in [-0.15, -0.1) is 0 Å². The SMILES string of the molecule is OCCC1CC(NCC(F)(F)F)CN(CCO)C1. The van der Waals surface area contributed by atoms with Gasteiger partial charge in [0.15, 0.2) is 0 Å². The number of piperidine rings is 1. The summed E-state index contributed by atoms with van der Waals surface area (Å²) in [6.45, 7) is 0.758. The molecular weight excluding hydrogens is 249 g/mol. The maximum absolute atomic E-state index is 12.1. The van der Waals surface area contributed by atoms with Crippen LogP contribution < -0.4 is 5.32 Å². The van der Waals surface area contributed by atoms with Gasteiger partial charge in [-0.2, -0.15) is 13.2 Å². The van der Waals surface area contributed by atoms with Gasteiger partial charge in [0, 0.05) is 32.3 Å². The van der Waals surface area contributed by atoms with Crippen molar-refractivity contribution in [3.8, 4) is 0 Å². The molecule has 0 amide bonds. The highest BCUT2D eigenvalue weighted by Gasteiger charge is 2.31. The summed E-state index contributed by atoms with van der Waals surface area (Å²) in [5, 5.41) is 20.3. The van der Waals surface area contributed by atoms with Gasteiger partial charge in [-0.3, -0.25) is 4.90 Å². The highest BCUT2D eigenvalue weighted by molar-refractivity contribution is 4.84. The van der Waals surface area contributed by atoms with Crippen molar-refractivity contribution in [1.82, 2.24) is 10.2 Å². The number of rotatable bonds is 6. The Labute approximate surface area is 105 Å². The van der Waals surface area contributed by atoms with E-state index in [-0.39, 0.29) is 25.2 Å². The first-order valence-corrected chi connectivity index (χ1v) is 6.19. The van der Waals surface area contributed by atoms with Crippen LogP contribution in [0.5, 0.6) is 0 Å². The number of nitrogens with zero attached hydrogens (tertiary/aromatic N) is 1. The molecule has 7 heteroatoms. The molecule has 0 aliphatic carbocycles. The van der Waals surface area contributed by atoms with Gasteiger partial charge in [-0.1, -0.05) is 0 Å². The zero-order valence-electron chi connectivity index (χ0n) is 10.3. The maximum atomic E-state index is 12.1. The Morgan fingerprint density at radius 3 is 2.44 bits per heavy atom. The fourth-order valence-electron chi connectivity index (χ4n) is 2.43. The largest absolute Gasteiger partial charge is 0.401 e. The molecule has 0 spiro atoms. The lowest BCUT2D eigenvalue weighted by molar-refractivity contribution is -0.127. The van der Waals surface area contributed by atoms with Gasteiger partial charge in [0.25, 0.3) is 0 Å². The van der Waals surface area contributed by atoms with Crippen molar-refractivity contribution in [2.75, 3.05) is 39.4 Å². The fourth-order valence-corrected chi connectivity index (χ4v) is 2.43. The van der Waals surface area contributed by atoms with Crippen LogP contribution in [-0.2, 0) is 0 Å². The standard InChI is InChI=1S/C11H21F3N2O2/c12-11(13,14)8-15-10-5-9(1-3-17)6-16(7-10)2-4-18/h9-10,15,17-18H,1-8H2. The smallest absolute Gasteiger partial charge is 0.396 e. The molecule has 2 atom stereocenters. The molecule has 1 aliphatic heterocycles. The van der Waals surface area contributed by atoms with Crippen LogP contribution in [0.3, 0.4) is 0 Å². The first-order valence-electron chi connectivity index (χ1n) is 6.19. The van der Waals surface area contributed by atoms with Gasteiger partial charge >= 0.3 is 6.18 Å². The Balaban J connectivity index is 2.44. The number of hydrogen-bond donors (Lipinski definition) is 3. The number of halogens is 3. The van der Waals surface area contributed by atoms with E-state index in [0.29, 0.717) is 25.9 Å². The Morgan fingerprint density at radius 1 is 1.17 bits per heavy atom. The number of aliphatic hydroxyl groups is 2. The highest BCUT2D eigenvalue weighted by atomic mass is 19.4. The third-order valence-electron chi connectivity index (χ3n) is 3.16. The first-order chi connectivity index (χ1) is 8.44. The predicted molar refractivity (Wildman–Crippen MR) is 61.2 cm³/mol. The third-order valence-corrected chi connectivity index (χ3v) is 3.16. The minimum Gasteiger partial charge on any atom is -0.396 e. The minimum atomic E-state index is -4.20. The topological polar surface area (TPSA) is 55.7 Å². The number of likely N-dealkylation sites (tertiary alicyclic amines) is 1. The highest BCUT2D eigenvalue weighted by Crippen LogP contribution is 2.21. The summed E-state index contributed by atoms with van der Waals surface area (Å²) in [6.07, 6.45) is -2.98. The second-order valence-corrected chi connectivity index (χ2v) is 4.79. The molecule has 0 aromatic heterocycles. The lowest BCUT2D eigenvalue weighted by Gasteiger charge is -2.38. The second-order valence-electron chi connectivity index (χ2n) is 4.79. The quantitative estimate of drug-likeness (QED) is 0.645. The van der Waals surface area contributed by atoms with Gasteiger partial charge in [-0.05, 0) is 18.8 Å². The molecule has 0 saturated carbocycles. The zero-order chi connectivity index (χ0) is 13.6. The van der Waals surface area contributed by atoms with Crippen molar-refractivity contribution in [3.63, 3.8) is 0 Å². The fraction of sp³-hybridized carbons (Fsp3) is 1.00. The molecule has 0 aromatic rings. The zero-order valence-corrected chi connectivity index (χ0v) is 10.3. The van der Waals surface area contributed by atoms with Gasteiger partial charge in [-0.25, -0.2) is 0 Å². The van der Waals surface area contributed by atoms with Crippen LogP contribution in [0.15, 0.2) is 0 Å². The molecule has 1 fully saturated rings. The summed E-state index contributed by atoms with van der Waals surface area (Å²) < 4.78 is 36.4. The number of alkyl halides is 3. The lowest BCUT2D eigenvalue weighted by atomic mass is 9.91. The van der Waals surface area contributed by atoms with Crippen LogP contribution in [-0.4, -0.2) is 66.7 Å². The molecule has 1 saturated heterocycles. The molecule has 3 N–H and O–H groups in total. The third kappa shape index (κ3) is 5.99. The van der Waals surface area contributed by atoms with E-state index >= 15 is 0 Å². The molecule has 4 nitrogen and oxygen atoms in total. The summed E-state index contributed by atoms with van der Waals surface area (Å²) in [4.78, 5) is 1.94. The van der Waals surface area contributed by atoms with Crippen LogP contribution in [0.2, 0.25) is 0 Å². The molecule has 0 aromatic carbocycles. The summed E-state index contributed by atoms with van der Waals surface area (Å²) >= 11 is 0. The van der Waals surface area contributed by atoms with E-state index in [9.17, 15) is 13.2 Å². The molecule has 0 radical (unpaired) electrons. The number of hydrogen-bond acceptors (Lipinski definition) is 4. The van der Waals surface area contributed by atoms with Crippen molar-refractivity contribution in [1.29, 1.82) is 0 Å². The van der Waals surface area contributed by atoms with Crippen molar-refractivity contribution >= 4 is 0 Å². The summed E-state index contributed by atoms with van der Waals surface area (Å²) in [6, 6.07) is -0.233. The average Bonchev–Trinajstić information content (AvgIpc) is 2.26. The predicted octanol–water partition coefficient (Wildman–Crippen LogP) is 0.204. The van der Waals surface area contributed by atoms with E-state index in [4.69, 9.17) is 10.2 Å². The van der Waals surface area contributed by atoms with E-state index in [0.717, 1.165) is 6.54 Å². The second kappa shape index (κ2) is 7.28. The van der Waals surface area contributed by atoms with Crippen molar-refractivity contribution in [3.05, 3.63) is 0 Å². The van der Waals surface area contributed by atoms with E-state index in [1.807, 2.05) is 4.90 Å². The number of aliphatic hydroxyl groups excluding tert-OH is 2. The number of nitrogens with one attached hydrogen (secondary N) is 1. The van der Waals surface area contributed by atoms with Crippen LogP contribution in [0.4, 0.5) is 13.2 Å². The van der Waals surface area contributed by atoms with Crippen molar-refractivity contribution in [2.45, 2.75) is 25.1 Å². The van der Waals surface area contributed by atoms with Crippen molar-refractivity contribution < 1.29 is 23.4 Å². The Kier molecular flexibility index (Phi) is 6.34. The van der Waals surface area contributed by atoms with E-state index in [1.165, 1.54) is 0 Å². The molecule has 1 heterocycles. The molecular formula is C11H21F3N2O2. The van der Waals surface area contributed by atoms with E-state index < -0.39 is 12.7 Å². The molecule has 0 bridgehead atoms. The first kappa shape index (κ1) is 15.7. The average molecular weight is 270 g/mol. The molecule has 1 aliphatic rings.